The summed E-state index contributed by atoms with van der Waals surface area (Å²) in [6, 6.07) is 18.0. The van der Waals surface area contributed by atoms with E-state index in [1.54, 1.807) is 48.5 Å². The van der Waals surface area contributed by atoms with Crippen molar-refractivity contribution in [1.82, 2.24) is 4.67 Å². The molecule has 0 aromatic heterocycles. The minimum atomic E-state index is -4.69. The standard InChI is InChI=1S/C14H17NO5P2S/c16-21(17,23-22(18,19)20)15(11-13-7-3-1-4-8-13)12-14-9-5-2-6-10-14/h1-10H,11-12H2,(H,16,17)(H2,18,19,20). The van der Waals surface area contributed by atoms with Crippen LogP contribution in [0.25, 0.3) is 0 Å². The van der Waals surface area contributed by atoms with Gasteiger partial charge in [-0.3, -0.25) is 4.57 Å². The van der Waals surface area contributed by atoms with Crippen LogP contribution in [0.5, 0.6) is 0 Å². The van der Waals surface area contributed by atoms with E-state index >= 15 is 0 Å². The van der Waals surface area contributed by atoms with Crippen LogP contribution in [-0.4, -0.2) is 19.4 Å². The van der Waals surface area contributed by atoms with Crippen LogP contribution in [0.2, 0.25) is 0 Å². The molecular weight excluding hydrogens is 356 g/mol. The molecule has 124 valence electrons. The van der Waals surface area contributed by atoms with Gasteiger partial charge in [-0.15, -0.1) is 0 Å². The van der Waals surface area contributed by atoms with E-state index in [4.69, 9.17) is 9.79 Å². The first-order chi connectivity index (χ1) is 10.8. The van der Waals surface area contributed by atoms with Crippen molar-refractivity contribution in [2.75, 3.05) is 0 Å². The molecule has 3 N–H and O–H groups in total. The van der Waals surface area contributed by atoms with Crippen LogP contribution in [0, 0.1) is 0 Å². The van der Waals surface area contributed by atoms with Gasteiger partial charge in [0.05, 0.1) is 11.0 Å². The van der Waals surface area contributed by atoms with E-state index in [1.165, 1.54) is 4.67 Å². The van der Waals surface area contributed by atoms with E-state index in [0.717, 1.165) is 11.1 Å². The Hall–Kier alpha value is -0.910. The first-order valence-electron chi connectivity index (χ1n) is 6.69. The summed E-state index contributed by atoms with van der Waals surface area (Å²) in [7, 11) is 0. The van der Waals surface area contributed by atoms with Crippen LogP contribution in [0.15, 0.2) is 60.7 Å². The van der Waals surface area contributed by atoms with Gasteiger partial charge in [0.15, 0.2) is 0 Å². The predicted octanol–water partition coefficient (Wildman–Crippen LogP) is 3.62. The molecule has 0 bridgehead atoms. The lowest BCUT2D eigenvalue weighted by Crippen LogP contribution is -2.18. The average Bonchev–Trinajstić information content (AvgIpc) is 2.46. The molecule has 1 atom stereocenters. The number of rotatable bonds is 7. The zero-order valence-electron chi connectivity index (χ0n) is 12.1. The van der Waals surface area contributed by atoms with E-state index < -0.39 is 13.5 Å². The van der Waals surface area contributed by atoms with Crippen molar-refractivity contribution in [2.24, 2.45) is 0 Å². The van der Waals surface area contributed by atoms with Gasteiger partial charge < -0.3 is 14.7 Å². The van der Waals surface area contributed by atoms with E-state index in [-0.39, 0.29) is 24.1 Å². The second-order valence-corrected chi connectivity index (χ2v) is 12.4. The minimum Gasteiger partial charge on any atom is -0.325 e. The summed E-state index contributed by atoms with van der Waals surface area (Å²) in [6.45, 7) is -8.74. The van der Waals surface area contributed by atoms with Crippen molar-refractivity contribution in [1.29, 1.82) is 0 Å². The molecule has 0 aliphatic rings. The number of benzene rings is 2. The Morgan fingerprint density at radius 2 is 1.17 bits per heavy atom. The smallest absolute Gasteiger partial charge is 0.325 e. The van der Waals surface area contributed by atoms with Crippen molar-refractivity contribution >= 4 is 24.5 Å². The Balaban J connectivity index is 2.27. The number of nitrogens with zero attached hydrogens (tertiary/aromatic N) is 1. The summed E-state index contributed by atoms with van der Waals surface area (Å²) in [5.74, 6) is 0. The van der Waals surface area contributed by atoms with Crippen molar-refractivity contribution < 1.29 is 23.8 Å². The van der Waals surface area contributed by atoms with Crippen molar-refractivity contribution in [2.45, 2.75) is 13.1 Å². The highest BCUT2D eigenvalue weighted by molar-refractivity contribution is 8.84. The van der Waals surface area contributed by atoms with E-state index in [0.29, 0.717) is 0 Å². The van der Waals surface area contributed by atoms with Gasteiger partial charge in [0.25, 0.3) is 0 Å². The molecule has 0 radical (unpaired) electrons. The van der Waals surface area contributed by atoms with E-state index in [1.807, 2.05) is 12.1 Å². The summed E-state index contributed by atoms with van der Waals surface area (Å²) < 4.78 is 24.8. The summed E-state index contributed by atoms with van der Waals surface area (Å²) in [4.78, 5) is 28.3. The predicted molar refractivity (Wildman–Crippen MR) is 91.6 cm³/mol. The van der Waals surface area contributed by atoms with Gasteiger partial charge in [0, 0.05) is 13.1 Å². The molecule has 9 heteroatoms. The maximum absolute atomic E-state index is 12.5. The van der Waals surface area contributed by atoms with E-state index in [2.05, 4.69) is 0 Å². The quantitative estimate of drug-likeness (QED) is 0.638. The lowest BCUT2D eigenvalue weighted by molar-refractivity contribution is 0.351. The van der Waals surface area contributed by atoms with Crippen molar-refractivity contribution in [3.05, 3.63) is 71.8 Å². The maximum Gasteiger partial charge on any atom is 0.394 e. The highest BCUT2D eigenvalue weighted by Crippen LogP contribution is 2.74. The Labute approximate surface area is 138 Å². The fourth-order valence-electron chi connectivity index (χ4n) is 2.01. The third kappa shape index (κ3) is 6.24. The zero-order valence-corrected chi connectivity index (χ0v) is 14.7. The monoisotopic (exact) mass is 373 g/mol. The Morgan fingerprint density at radius 1 is 0.783 bits per heavy atom. The first kappa shape index (κ1) is 18.4. The van der Waals surface area contributed by atoms with E-state index in [9.17, 15) is 14.0 Å². The van der Waals surface area contributed by atoms with Crippen LogP contribution in [-0.2, 0) is 22.2 Å². The zero-order chi connectivity index (χ0) is 16.9. The molecule has 2 rings (SSSR count). The summed E-state index contributed by atoms with van der Waals surface area (Å²) in [6.07, 6.45) is 0. The van der Waals surface area contributed by atoms with Crippen LogP contribution in [0.3, 0.4) is 0 Å². The normalized spacial score (nSPS) is 14.6. The molecule has 23 heavy (non-hydrogen) atoms. The van der Waals surface area contributed by atoms with Gasteiger partial charge in [0.2, 0.25) is 0 Å². The number of hydrogen-bond donors (Lipinski definition) is 3. The Bertz CT molecular complexity index is 681. The molecule has 0 amide bonds. The van der Waals surface area contributed by atoms with Crippen molar-refractivity contribution in [3.8, 4) is 0 Å². The third-order valence-corrected chi connectivity index (χ3v) is 10.2. The SMILES string of the molecule is O=P(O)(O)SP(=O)(O)N(Cc1ccccc1)Cc1ccccc1. The maximum atomic E-state index is 12.5. The molecule has 0 spiro atoms. The molecule has 0 aliphatic carbocycles. The molecule has 0 fully saturated rings. The minimum absolute atomic E-state index is 0.108. The van der Waals surface area contributed by atoms with Gasteiger partial charge >= 0.3 is 13.5 Å². The van der Waals surface area contributed by atoms with Crippen LogP contribution in [0.4, 0.5) is 0 Å². The average molecular weight is 373 g/mol. The molecule has 0 saturated carbocycles. The molecule has 0 saturated heterocycles. The lowest BCUT2D eigenvalue weighted by Gasteiger charge is -2.26. The van der Waals surface area contributed by atoms with Gasteiger partial charge in [-0.05, 0) is 11.1 Å². The molecule has 1 unspecified atom stereocenters. The molecule has 0 aliphatic heterocycles. The first-order valence-corrected chi connectivity index (χ1v) is 11.9. The number of hydrogen-bond acceptors (Lipinski definition) is 3. The summed E-state index contributed by atoms with van der Waals surface area (Å²) in [5, 5.41) is 0. The topological polar surface area (TPSA) is 98.1 Å². The fraction of sp³-hybridized carbons (Fsp3) is 0.143. The second kappa shape index (κ2) is 7.77. The van der Waals surface area contributed by atoms with Crippen LogP contribution >= 0.6 is 24.5 Å². The van der Waals surface area contributed by atoms with Gasteiger partial charge in [0.1, 0.15) is 0 Å². The summed E-state index contributed by atoms with van der Waals surface area (Å²) in [5.41, 5.74) is 1.56. The summed E-state index contributed by atoms with van der Waals surface area (Å²) >= 11 is -0.191. The van der Waals surface area contributed by atoms with Gasteiger partial charge in [-0.2, -0.15) is 0 Å². The highest BCUT2D eigenvalue weighted by atomic mass is 33.1. The Morgan fingerprint density at radius 3 is 1.52 bits per heavy atom. The van der Waals surface area contributed by atoms with Crippen molar-refractivity contribution in [3.63, 3.8) is 0 Å². The Kier molecular flexibility index (Phi) is 6.23. The molecule has 2 aromatic carbocycles. The van der Waals surface area contributed by atoms with Crippen LogP contribution in [0.1, 0.15) is 11.1 Å². The molecule has 2 aromatic rings. The largest absolute Gasteiger partial charge is 0.394 e. The van der Waals surface area contributed by atoms with Crippen LogP contribution < -0.4 is 0 Å². The molecule has 0 heterocycles. The van der Waals surface area contributed by atoms with Gasteiger partial charge in [-0.1, -0.05) is 60.7 Å². The second-order valence-electron chi connectivity index (χ2n) is 4.86. The fourth-order valence-corrected chi connectivity index (χ4v) is 7.99. The molecule has 6 nitrogen and oxygen atoms in total. The lowest BCUT2D eigenvalue weighted by atomic mass is 10.2. The van der Waals surface area contributed by atoms with Gasteiger partial charge in [-0.25, -0.2) is 9.24 Å². The highest BCUT2D eigenvalue weighted by Gasteiger charge is 2.37. The third-order valence-electron chi connectivity index (χ3n) is 2.99. The molecular formula is C14H17NO5P2S.